The van der Waals surface area contributed by atoms with E-state index in [9.17, 15) is 14.4 Å². The molecule has 1 rings (SSSR count). The van der Waals surface area contributed by atoms with Gasteiger partial charge in [-0.15, -0.1) is 0 Å². The highest BCUT2D eigenvalue weighted by atomic mass is 16.6. The fourth-order valence-corrected chi connectivity index (χ4v) is 4.84. The van der Waals surface area contributed by atoms with Gasteiger partial charge in [0, 0.05) is 12.6 Å². The van der Waals surface area contributed by atoms with E-state index < -0.39 is 23.8 Å². The fraction of sp³-hybridized carbons (Fsp3) is 0.719. The van der Waals surface area contributed by atoms with Crippen molar-refractivity contribution in [2.45, 2.75) is 138 Å². The third-order valence-electron chi connectivity index (χ3n) is 6.92. The third-order valence-corrected chi connectivity index (χ3v) is 6.92. The molecule has 4 atom stereocenters. The number of rotatable bonds is 15. The summed E-state index contributed by atoms with van der Waals surface area (Å²) in [5, 5.41) is 6.02. The second-order valence-electron chi connectivity index (χ2n) is 12.1. The number of hydrogen-bond donors (Lipinski definition) is 2. The van der Waals surface area contributed by atoms with Crippen molar-refractivity contribution in [3.8, 4) is 0 Å². The minimum absolute atomic E-state index is 0.0156. The minimum atomic E-state index is -0.815. The van der Waals surface area contributed by atoms with Gasteiger partial charge in [0.15, 0.2) is 0 Å². The first-order valence-electron chi connectivity index (χ1n) is 14.9. The molecule has 1 aromatic carbocycles. The van der Waals surface area contributed by atoms with E-state index >= 15 is 0 Å². The first-order valence-corrected chi connectivity index (χ1v) is 14.9. The number of amides is 3. The molecule has 0 aliphatic heterocycles. The van der Waals surface area contributed by atoms with Gasteiger partial charge in [0.2, 0.25) is 11.8 Å². The number of alkyl carbamates (subject to hydrolysis) is 1. The molecule has 0 aliphatic rings. The summed E-state index contributed by atoms with van der Waals surface area (Å²) >= 11 is 0. The molecule has 0 radical (unpaired) electrons. The molecule has 39 heavy (non-hydrogen) atoms. The molecule has 0 heterocycles. The summed E-state index contributed by atoms with van der Waals surface area (Å²) < 4.78 is 5.51. The van der Waals surface area contributed by atoms with Crippen molar-refractivity contribution in [1.82, 2.24) is 15.5 Å². The Hall–Kier alpha value is -2.57. The zero-order valence-corrected chi connectivity index (χ0v) is 26.3. The summed E-state index contributed by atoms with van der Waals surface area (Å²) in [4.78, 5) is 42.8. The predicted molar refractivity (Wildman–Crippen MR) is 160 cm³/mol. The first kappa shape index (κ1) is 34.5. The second-order valence-corrected chi connectivity index (χ2v) is 12.1. The number of nitrogens with one attached hydrogen (secondary N) is 2. The number of hydrogen-bond acceptors (Lipinski definition) is 4. The van der Waals surface area contributed by atoms with E-state index in [4.69, 9.17) is 4.74 Å². The molecule has 7 nitrogen and oxygen atoms in total. The van der Waals surface area contributed by atoms with Crippen LogP contribution in [-0.2, 0) is 14.3 Å². The van der Waals surface area contributed by atoms with Gasteiger partial charge in [0.05, 0.1) is 0 Å². The number of carbonyl (C=O) groups is 3. The van der Waals surface area contributed by atoms with E-state index in [1.807, 2.05) is 46.8 Å². The van der Waals surface area contributed by atoms with E-state index in [-0.39, 0.29) is 23.8 Å². The van der Waals surface area contributed by atoms with Gasteiger partial charge in [0.1, 0.15) is 17.7 Å². The van der Waals surface area contributed by atoms with Crippen molar-refractivity contribution in [2.75, 3.05) is 6.54 Å². The van der Waals surface area contributed by atoms with Crippen LogP contribution < -0.4 is 10.6 Å². The molecule has 0 saturated heterocycles. The van der Waals surface area contributed by atoms with E-state index in [0.29, 0.717) is 13.0 Å². The van der Waals surface area contributed by atoms with Gasteiger partial charge in [-0.3, -0.25) is 9.59 Å². The molecule has 0 bridgehead atoms. The summed E-state index contributed by atoms with van der Waals surface area (Å²) in [5.41, 5.74) is 2.17. The van der Waals surface area contributed by atoms with Crippen LogP contribution in [0.25, 0.3) is 0 Å². The Bertz CT molecular complexity index is 904. The summed E-state index contributed by atoms with van der Waals surface area (Å²) in [5.74, 6) is -0.593. The molecule has 2 N–H and O–H groups in total. The fourth-order valence-electron chi connectivity index (χ4n) is 4.84. The van der Waals surface area contributed by atoms with Crippen molar-refractivity contribution in [3.05, 3.63) is 34.9 Å². The molecule has 0 spiro atoms. The first-order chi connectivity index (χ1) is 18.2. The Labute approximate surface area is 237 Å². The highest BCUT2D eigenvalue weighted by Gasteiger charge is 2.38. The largest absolute Gasteiger partial charge is 0.444 e. The minimum Gasteiger partial charge on any atom is -0.444 e. The monoisotopic (exact) mass is 545 g/mol. The molecular formula is C32H55N3O4. The van der Waals surface area contributed by atoms with Crippen molar-refractivity contribution in [3.63, 3.8) is 0 Å². The highest BCUT2D eigenvalue weighted by Crippen LogP contribution is 2.27. The molecule has 0 saturated carbocycles. The lowest BCUT2D eigenvalue weighted by Gasteiger charge is -2.36. The van der Waals surface area contributed by atoms with Gasteiger partial charge < -0.3 is 20.3 Å². The molecule has 0 aliphatic carbocycles. The SMILES string of the molecule is CCCCCCN(C(=O)C(NC(=O)OC(C)(C)C)C(C)CC)C(C(=O)NC(C)CCC)c1cc(C)cc(C)c1. The van der Waals surface area contributed by atoms with Crippen LogP contribution in [0.1, 0.15) is 123 Å². The maximum Gasteiger partial charge on any atom is 0.408 e. The zero-order chi connectivity index (χ0) is 29.8. The van der Waals surface area contributed by atoms with E-state index in [1.165, 1.54) is 0 Å². The summed E-state index contributed by atoms with van der Waals surface area (Å²) in [6, 6.07) is 4.42. The number of ether oxygens (including phenoxy) is 1. The summed E-state index contributed by atoms with van der Waals surface area (Å²) in [6.07, 6.45) is 5.72. The van der Waals surface area contributed by atoms with Gasteiger partial charge in [-0.25, -0.2) is 4.79 Å². The van der Waals surface area contributed by atoms with Crippen LogP contribution in [0.4, 0.5) is 4.79 Å². The lowest BCUT2D eigenvalue weighted by Crippen LogP contribution is -2.55. The Kier molecular flexibility index (Phi) is 14.6. The molecule has 3 amide bonds. The lowest BCUT2D eigenvalue weighted by atomic mass is 9.94. The second kappa shape index (κ2) is 16.5. The van der Waals surface area contributed by atoms with Crippen LogP contribution >= 0.6 is 0 Å². The van der Waals surface area contributed by atoms with Crippen molar-refractivity contribution in [2.24, 2.45) is 5.92 Å². The van der Waals surface area contributed by atoms with Gasteiger partial charge in [-0.05, 0) is 65.9 Å². The normalized spacial score (nSPS) is 14.6. The van der Waals surface area contributed by atoms with Crippen LogP contribution in [0.2, 0.25) is 0 Å². The number of nitrogens with zero attached hydrogens (tertiary/aromatic N) is 1. The molecular weight excluding hydrogens is 490 g/mol. The Morgan fingerprint density at radius 3 is 2.03 bits per heavy atom. The highest BCUT2D eigenvalue weighted by molar-refractivity contribution is 5.92. The maximum atomic E-state index is 14.4. The molecule has 1 aromatic rings. The quantitative estimate of drug-likeness (QED) is 0.232. The Morgan fingerprint density at radius 2 is 1.51 bits per heavy atom. The predicted octanol–water partition coefficient (Wildman–Crippen LogP) is 7.00. The van der Waals surface area contributed by atoms with Crippen LogP contribution in [0.3, 0.4) is 0 Å². The van der Waals surface area contributed by atoms with Gasteiger partial charge >= 0.3 is 6.09 Å². The Morgan fingerprint density at radius 1 is 0.897 bits per heavy atom. The van der Waals surface area contributed by atoms with Gasteiger partial charge in [-0.1, -0.05) is 89.1 Å². The van der Waals surface area contributed by atoms with E-state index in [0.717, 1.165) is 55.2 Å². The van der Waals surface area contributed by atoms with Crippen LogP contribution in [0, 0.1) is 19.8 Å². The van der Waals surface area contributed by atoms with E-state index in [2.05, 4.69) is 30.5 Å². The third kappa shape index (κ3) is 12.0. The summed E-state index contributed by atoms with van der Waals surface area (Å²) in [6.45, 7) is 20.0. The average molecular weight is 546 g/mol. The average Bonchev–Trinajstić information content (AvgIpc) is 2.81. The molecule has 0 fully saturated rings. The smallest absolute Gasteiger partial charge is 0.408 e. The van der Waals surface area contributed by atoms with E-state index in [1.54, 1.807) is 25.7 Å². The number of aryl methyl sites for hydroxylation is 2. The van der Waals surface area contributed by atoms with Crippen LogP contribution in [0.15, 0.2) is 18.2 Å². The number of benzene rings is 1. The van der Waals surface area contributed by atoms with Crippen molar-refractivity contribution in [1.29, 1.82) is 0 Å². The lowest BCUT2D eigenvalue weighted by molar-refractivity contribution is -0.143. The number of unbranched alkanes of at least 4 members (excludes halogenated alkanes) is 3. The summed E-state index contributed by atoms with van der Waals surface area (Å²) in [7, 11) is 0. The molecule has 222 valence electrons. The Balaban J connectivity index is 3.60. The van der Waals surface area contributed by atoms with Crippen LogP contribution in [-0.4, -0.2) is 47.0 Å². The molecule has 0 aromatic heterocycles. The molecule has 4 unspecified atom stereocenters. The topological polar surface area (TPSA) is 87.7 Å². The standard InChI is InChI=1S/C32H55N3O4/c1-11-14-15-16-18-35(30(37)27(24(6)13-3)34-31(38)39-32(8,9)10)28(29(36)33-25(7)17-12-2)26-20-22(4)19-23(5)21-26/h19-21,24-25,27-28H,11-18H2,1-10H3,(H,33,36)(H,34,38). The van der Waals surface area contributed by atoms with Crippen molar-refractivity contribution < 1.29 is 19.1 Å². The zero-order valence-electron chi connectivity index (χ0n) is 26.3. The van der Waals surface area contributed by atoms with Crippen LogP contribution in [0.5, 0.6) is 0 Å². The van der Waals surface area contributed by atoms with Gasteiger partial charge in [-0.2, -0.15) is 0 Å². The molecule has 7 heteroatoms. The number of carbonyl (C=O) groups excluding carboxylic acids is 3. The maximum absolute atomic E-state index is 14.4. The van der Waals surface area contributed by atoms with Crippen molar-refractivity contribution >= 4 is 17.9 Å². The van der Waals surface area contributed by atoms with Gasteiger partial charge in [0.25, 0.3) is 0 Å².